The first-order valence-electron chi connectivity index (χ1n) is 5.60. The molecule has 0 aliphatic carbocycles. The van der Waals surface area contributed by atoms with E-state index >= 15 is 0 Å². The third kappa shape index (κ3) is 5.03. The van der Waals surface area contributed by atoms with Crippen LogP contribution in [0.15, 0.2) is 5.38 Å². The average Bonchev–Trinajstić information content (AvgIpc) is 2.60. The van der Waals surface area contributed by atoms with Gasteiger partial charge in [-0.05, 0) is 20.5 Å². The largest absolute Gasteiger partial charge is 0.390 e. The van der Waals surface area contributed by atoms with E-state index in [4.69, 9.17) is 0 Å². The number of aliphatic hydroxyl groups excluding tert-OH is 1. The molecule has 0 radical (unpaired) electrons. The van der Waals surface area contributed by atoms with Gasteiger partial charge in [-0.2, -0.15) is 0 Å². The fourth-order valence-corrected chi connectivity index (χ4v) is 2.16. The molecule has 0 saturated heterocycles. The zero-order valence-electron chi connectivity index (χ0n) is 10.2. The SMILES string of the molecule is CCNCC(O)CN(C)Cc1csc(C)n1. The Morgan fingerprint density at radius 3 is 2.94 bits per heavy atom. The van der Waals surface area contributed by atoms with Crippen molar-refractivity contribution in [2.24, 2.45) is 0 Å². The maximum absolute atomic E-state index is 9.71. The van der Waals surface area contributed by atoms with Gasteiger partial charge in [0.15, 0.2) is 0 Å². The Kier molecular flexibility index (Phi) is 5.90. The molecule has 0 aliphatic heterocycles. The number of aryl methyl sites for hydroxylation is 1. The van der Waals surface area contributed by atoms with Crippen LogP contribution in [0.1, 0.15) is 17.6 Å². The number of hydrogen-bond acceptors (Lipinski definition) is 5. The Morgan fingerprint density at radius 2 is 2.38 bits per heavy atom. The van der Waals surface area contributed by atoms with Crippen molar-refractivity contribution in [2.45, 2.75) is 26.5 Å². The molecular weight excluding hydrogens is 222 g/mol. The molecule has 1 aromatic rings. The maximum atomic E-state index is 9.71. The second-order valence-electron chi connectivity index (χ2n) is 4.02. The topological polar surface area (TPSA) is 48.4 Å². The van der Waals surface area contributed by atoms with Gasteiger partial charge in [0.1, 0.15) is 0 Å². The van der Waals surface area contributed by atoms with Gasteiger partial charge in [-0.1, -0.05) is 6.92 Å². The maximum Gasteiger partial charge on any atom is 0.0897 e. The van der Waals surface area contributed by atoms with Crippen molar-refractivity contribution in [1.29, 1.82) is 0 Å². The van der Waals surface area contributed by atoms with E-state index in [0.717, 1.165) is 23.8 Å². The van der Waals surface area contributed by atoms with Crippen LogP contribution in [0.5, 0.6) is 0 Å². The van der Waals surface area contributed by atoms with Crippen molar-refractivity contribution in [2.75, 3.05) is 26.7 Å². The number of aromatic nitrogens is 1. The lowest BCUT2D eigenvalue weighted by Crippen LogP contribution is -2.36. The highest BCUT2D eigenvalue weighted by molar-refractivity contribution is 7.09. The Balaban J connectivity index is 2.27. The molecule has 0 spiro atoms. The molecule has 92 valence electrons. The molecule has 0 saturated carbocycles. The fraction of sp³-hybridized carbons (Fsp3) is 0.727. The molecule has 0 aliphatic rings. The predicted octanol–water partition coefficient (Wildman–Crippen LogP) is 0.854. The summed E-state index contributed by atoms with van der Waals surface area (Å²) >= 11 is 1.67. The van der Waals surface area contributed by atoms with Crippen LogP contribution in [-0.4, -0.2) is 47.8 Å². The lowest BCUT2D eigenvalue weighted by molar-refractivity contribution is 0.121. The molecule has 0 bridgehead atoms. The van der Waals surface area contributed by atoms with Gasteiger partial charge < -0.3 is 10.4 Å². The van der Waals surface area contributed by atoms with Gasteiger partial charge in [-0.3, -0.25) is 4.90 Å². The molecule has 16 heavy (non-hydrogen) atoms. The van der Waals surface area contributed by atoms with Crippen molar-refractivity contribution in [3.05, 3.63) is 16.1 Å². The number of aliphatic hydroxyl groups is 1. The number of nitrogens with zero attached hydrogens (tertiary/aromatic N) is 2. The average molecular weight is 243 g/mol. The third-order valence-corrected chi connectivity index (χ3v) is 3.07. The van der Waals surface area contributed by atoms with Crippen LogP contribution in [0, 0.1) is 6.92 Å². The molecule has 0 fully saturated rings. The van der Waals surface area contributed by atoms with Crippen molar-refractivity contribution in [1.82, 2.24) is 15.2 Å². The minimum absolute atomic E-state index is 0.315. The molecule has 1 atom stereocenters. The summed E-state index contributed by atoms with van der Waals surface area (Å²) in [7, 11) is 2.00. The summed E-state index contributed by atoms with van der Waals surface area (Å²) in [4.78, 5) is 6.49. The van der Waals surface area contributed by atoms with Gasteiger partial charge in [0.25, 0.3) is 0 Å². The third-order valence-electron chi connectivity index (χ3n) is 2.25. The minimum atomic E-state index is -0.315. The molecule has 2 N–H and O–H groups in total. The van der Waals surface area contributed by atoms with Crippen LogP contribution >= 0.6 is 11.3 Å². The van der Waals surface area contributed by atoms with E-state index in [1.807, 2.05) is 20.9 Å². The summed E-state index contributed by atoms with van der Waals surface area (Å²) < 4.78 is 0. The van der Waals surface area contributed by atoms with Gasteiger partial charge in [0.05, 0.1) is 16.8 Å². The first-order valence-corrected chi connectivity index (χ1v) is 6.48. The highest BCUT2D eigenvalue weighted by Crippen LogP contribution is 2.09. The minimum Gasteiger partial charge on any atom is -0.390 e. The van der Waals surface area contributed by atoms with Crippen LogP contribution in [0.25, 0.3) is 0 Å². The molecule has 1 heterocycles. The van der Waals surface area contributed by atoms with Crippen molar-refractivity contribution >= 4 is 11.3 Å². The molecular formula is C11H21N3OS. The van der Waals surface area contributed by atoms with E-state index in [0.29, 0.717) is 13.1 Å². The molecule has 1 aromatic heterocycles. The van der Waals surface area contributed by atoms with E-state index in [1.54, 1.807) is 11.3 Å². The highest BCUT2D eigenvalue weighted by Gasteiger charge is 2.09. The fourth-order valence-electron chi connectivity index (χ4n) is 1.56. The Hall–Kier alpha value is -0.490. The molecule has 1 unspecified atom stereocenters. The summed E-state index contributed by atoms with van der Waals surface area (Å²) in [5.41, 5.74) is 1.08. The Bertz CT molecular complexity index is 303. The van der Waals surface area contributed by atoms with Crippen LogP contribution in [-0.2, 0) is 6.54 Å². The van der Waals surface area contributed by atoms with Gasteiger partial charge in [0.2, 0.25) is 0 Å². The van der Waals surface area contributed by atoms with E-state index in [2.05, 4.69) is 20.6 Å². The number of rotatable bonds is 7. The molecule has 4 nitrogen and oxygen atoms in total. The zero-order valence-corrected chi connectivity index (χ0v) is 11.0. The van der Waals surface area contributed by atoms with Crippen LogP contribution < -0.4 is 5.32 Å². The smallest absolute Gasteiger partial charge is 0.0897 e. The summed E-state index contributed by atoms with van der Waals surface area (Å²) in [5.74, 6) is 0. The van der Waals surface area contributed by atoms with E-state index < -0.39 is 0 Å². The Morgan fingerprint density at radius 1 is 1.62 bits per heavy atom. The first-order chi connectivity index (χ1) is 7.61. The van der Waals surface area contributed by atoms with Gasteiger partial charge in [-0.25, -0.2) is 4.98 Å². The normalized spacial score (nSPS) is 13.3. The second-order valence-corrected chi connectivity index (χ2v) is 5.08. The highest BCUT2D eigenvalue weighted by atomic mass is 32.1. The Labute approximate surface area is 101 Å². The monoisotopic (exact) mass is 243 g/mol. The van der Waals surface area contributed by atoms with Crippen molar-refractivity contribution < 1.29 is 5.11 Å². The number of likely N-dealkylation sites (N-methyl/N-ethyl adjacent to an activating group) is 2. The zero-order chi connectivity index (χ0) is 12.0. The second kappa shape index (κ2) is 6.96. The van der Waals surface area contributed by atoms with Gasteiger partial charge >= 0.3 is 0 Å². The quantitative estimate of drug-likeness (QED) is 0.745. The number of nitrogens with one attached hydrogen (secondary N) is 1. The predicted molar refractivity (Wildman–Crippen MR) is 67.7 cm³/mol. The summed E-state index contributed by atoms with van der Waals surface area (Å²) in [6.07, 6.45) is -0.315. The van der Waals surface area contributed by atoms with Crippen LogP contribution in [0.4, 0.5) is 0 Å². The molecule has 1 rings (SSSR count). The summed E-state index contributed by atoms with van der Waals surface area (Å²) in [5, 5.41) is 16.0. The molecule has 0 aromatic carbocycles. The van der Waals surface area contributed by atoms with Crippen LogP contribution in [0.2, 0.25) is 0 Å². The molecule has 0 amide bonds. The van der Waals surface area contributed by atoms with E-state index in [1.165, 1.54) is 0 Å². The van der Waals surface area contributed by atoms with Crippen LogP contribution in [0.3, 0.4) is 0 Å². The first kappa shape index (κ1) is 13.6. The summed E-state index contributed by atoms with van der Waals surface area (Å²) in [6.45, 7) is 7.06. The van der Waals surface area contributed by atoms with Crippen molar-refractivity contribution in [3.63, 3.8) is 0 Å². The lowest BCUT2D eigenvalue weighted by atomic mass is 10.3. The standard InChI is InChI=1S/C11H21N3OS/c1-4-12-5-11(15)7-14(3)6-10-8-16-9(2)13-10/h8,11-12,15H,4-7H2,1-3H3. The van der Waals surface area contributed by atoms with Gasteiger partial charge in [0, 0.05) is 25.0 Å². The lowest BCUT2D eigenvalue weighted by Gasteiger charge is -2.19. The number of thiazole rings is 1. The van der Waals surface area contributed by atoms with Crippen molar-refractivity contribution in [3.8, 4) is 0 Å². The van der Waals surface area contributed by atoms with E-state index in [-0.39, 0.29) is 6.10 Å². The summed E-state index contributed by atoms with van der Waals surface area (Å²) in [6, 6.07) is 0. The molecule has 5 heteroatoms. The number of hydrogen-bond donors (Lipinski definition) is 2. The van der Waals surface area contributed by atoms with Gasteiger partial charge in [-0.15, -0.1) is 11.3 Å². The van der Waals surface area contributed by atoms with E-state index in [9.17, 15) is 5.11 Å².